The van der Waals surface area contributed by atoms with Crippen LogP contribution in [0.1, 0.15) is 16.1 Å². The number of carbonyl (C=O) groups excluding carboxylic acids is 1. The first-order valence-electron chi connectivity index (χ1n) is 4.09. The van der Waals surface area contributed by atoms with E-state index < -0.39 is 0 Å². The molecule has 0 aliphatic carbocycles. The molecule has 2 aromatic heterocycles. The molecular weight excluding hydrogens is 180 g/mol. The van der Waals surface area contributed by atoms with Gasteiger partial charge in [0.15, 0.2) is 12.1 Å². The lowest BCUT2D eigenvalue weighted by Crippen LogP contribution is -1.97. The van der Waals surface area contributed by atoms with Gasteiger partial charge in [0.05, 0.1) is 11.3 Å². The molecular formula is C9H8N4O. The van der Waals surface area contributed by atoms with Crippen LogP contribution in [0.5, 0.6) is 0 Å². The van der Waals surface area contributed by atoms with Crippen LogP contribution >= 0.6 is 0 Å². The van der Waals surface area contributed by atoms with Crippen LogP contribution in [0.4, 0.5) is 0 Å². The second kappa shape index (κ2) is 3.37. The summed E-state index contributed by atoms with van der Waals surface area (Å²) in [5.74, 6) is 0.649. The Bertz CT molecular complexity index is 449. The van der Waals surface area contributed by atoms with Gasteiger partial charge in [0.2, 0.25) is 0 Å². The minimum atomic E-state index is 0.573. The molecule has 70 valence electrons. The first-order chi connectivity index (χ1) is 6.81. The molecule has 0 aliphatic rings. The van der Waals surface area contributed by atoms with Gasteiger partial charge in [-0.25, -0.2) is 14.6 Å². The first kappa shape index (κ1) is 8.55. The predicted molar refractivity (Wildman–Crippen MR) is 49.3 cm³/mol. The number of carbonyl (C=O) groups is 1. The molecule has 2 aromatic rings. The second-order valence-electron chi connectivity index (χ2n) is 2.80. The van der Waals surface area contributed by atoms with Crippen molar-refractivity contribution in [1.29, 1.82) is 0 Å². The zero-order valence-electron chi connectivity index (χ0n) is 7.58. The van der Waals surface area contributed by atoms with Crippen LogP contribution in [0.15, 0.2) is 24.8 Å². The van der Waals surface area contributed by atoms with Crippen molar-refractivity contribution in [3.8, 4) is 5.82 Å². The molecule has 14 heavy (non-hydrogen) atoms. The summed E-state index contributed by atoms with van der Waals surface area (Å²) in [7, 11) is 0. The molecule has 0 radical (unpaired) electrons. The highest BCUT2D eigenvalue weighted by Gasteiger charge is 2.04. The SMILES string of the molecule is Cc1nn(-c2ccncn2)cc1C=O. The fourth-order valence-electron chi connectivity index (χ4n) is 1.13. The Morgan fingerprint density at radius 2 is 2.36 bits per heavy atom. The van der Waals surface area contributed by atoms with Crippen molar-refractivity contribution in [2.75, 3.05) is 0 Å². The Hall–Kier alpha value is -2.04. The van der Waals surface area contributed by atoms with E-state index in [1.54, 1.807) is 30.1 Å². The third-order valence-corrected chi connectivity index (χ3v) is 1.86. The van der Waals surface area contributed by atoms with E-state index in [2.05, 4.69) is 15.1 Å². The lowest BCUT2D eigenvalue weighted by atomic mass is 10.3. The van der Waals surface area contributed by atoms with Gasteiger partial charge in [-0.05, 0) is 6.92 Å². The van der Waals surface area contributed by atoms with E-state index in [0.29, 0.717) is 17.1 Å². The molecule has 0 amide bonds. The van der Waals surface area contributed by atoms with Crippen molar-refractivity contribution in [2.45, 2.75) is 6.92 Å². The van der Waals surface area contributed by atoms with Crippen LogP contribution in [0.3, 0.4) is 0 Å². The van der Waals surface area contributed by atoms with E-state index in [1.807, 2.05) is 0 Å². The normalized spacial score (nSPS) is 10.1. The molecule has 0 saturated carbocycles. The maximum absolute atomic E-state index is 10.6. The minimum absolute atomic E-state index is 0.573. The summed E-state index contributed by atoms with van der Waals surface area (Å²) in [5.41, 5.74) is 1.27. The molecule has 0 aromatic carbocycles. The molecule has 0 atom stereocenters. The average Bonchev–Trinajstić information content (AvgIpc) is 2.61. The van der Waals surface area contributed by atoms with E-state index in [0.717, 1.165) is 6.29 Å². The zero-order chi connectivity index (χ0) is 9.97. The van der Waals surface area contributed by atoms with Gasteiger partial charge in [-0.1, -0.05) is 0 Å². The van der Waals surface area contributed by atoms with Crippen LogP contribution in [-0.4, -0.2) is 26.0 Å². The molecule has 2 rings (SSSR count). The Labute approximate surface area is 80.4 Å². The first-order valence-corrected chi connectivity index (χ1v) is 4.09. The van der Waals surface area contributed by atoms with Crippen LogP contribution < -0.4 is 0 Å². The number of nitrogens with zero attached hydrogens (tertiary/aromatic N) is 4. The Balaban J connectivity index is 2.48. The molecule has 5 nitrogen and oxygen atoms in total. The lowest BCUT2D eigenvalue weighted by molar-refractivity contribution is 0.112. The van der Waals surface area contributed by atoms with Gasteiger partial charge in [0, 0.05) is 18.5 Å². The molecule has 0 spiro atoms. The molecule has 5 heteroatoms. The maximum Gasteiger partial charge on any atom is 0.156 e. The van der Waals surface area contributed by atoms with Crippen molar-refractivity contribution >= 4 is 6.29 Å². The second-order valence-corrected chi connectivity index (χ2v) is 2.80. The summed E-state index contributed by atoms with van der Waals surface area (Å²) < 4.78 is 1.56. The van der Waals surface area contributed by atoms with Crippen LogP contribution in [-0.2, 0) is 0 Å². The fourth-order valence-corrected chi connectivity index (χ4v) is 1.13. The smallest absolute Gasteiger partial charge is 0.156 e. The molecule has 0 fully saturated rings. The number of hydrogen-bond donors (Lipinski definition) is 0. The summed E-state index contributed by atoms with van der Waals surface area (Å²) in [6, 6.07) is 1.72. The molecule has 0 bridgehead atoms. The maximum atomic E-state index is 10.6. The quantitative estimate of drug-likeness (QED) is 0.653. The Morgan fingerprint density at radius 3 is 2.93 bits per heavy atom. The van der Waals surface area contributed by atoms with Crippen LogP contribution in [0.2, 0.25) is 0 Å². The summed E-state index contributed by atoms with van der Waals surface area (Å²) >= 11 is 0. The largest absolute Gasteiger partial charge is 0.298 e. The predicted octanol–water partition coefficient (Wildman–Crippen LogP) is 0.783. The Kier molecular flexibility index (Phi) is 2.06. The third kappa shape index (κ3) is 1.39. The molecule has 2 heterocycles. The molecule has 0 aliphatic heterocycles. The highest BCUT2D eigenvalue weighted by molar-refractivity contribution is 5.75. The van der Waals surface area contributed by atoms with Gasteiger partial charge in [-0.2, -0.15) is 5.10 Å². The van der Waals surface area contributed by atoms with Crippen molar-refractivity contribution in [3.63, 3.8) is 0 Å². The van der Waals surface area contributed by atoms with Gasteiger partial charge in [0.1, 0.15) is 6.33 Å². The fraction of sp³-hybridized carbons (Fsp3) is 0.111. The molecule has 0 unspecified atom stereocenters. The Morgan fingerprint density at radius 1 is 1.50 bits per heavy atom. The topological polar surface area (TPSA) is 60.7 Å². The van der Waals surface area contributed by atoms with Crippen molar-refractivity contribution in [1.82, 2.24) is 19.7 Å². The highest BCUT2D eigenvalue weighted by Crippen LogP contribution is 2.06. The van der Waals surface area contributed by atoms with E-state index in [-0.39, 0.29) is 0 Å². The van der Waals surface area contributed by atoms with Crippen LogP contribution in [0, 0.1) is 6.92 Å². The number of aryl methyl sites for hydroxylation is 1. The van der Waals surface area contributed by atoms with Gasteiger partial charge in [-0.15, -0.1) is 0 Å². The van der Waals surface area contributed by atoms with E-state index in [4.69, 9.17) is 0 Å². The summed E-state index contributed by atoms with van der Waals surface area (Å²) in [5, 5.41) is 4.15. The number of aromatic nitrogens is 4. The van der Waals surface area contributed by atoms with Gasteiger partial charge >= 0.3 is 0 Å². The zero-order valence-corrected chi connectivity index (χ0v) is 7.58. The molecule has 0 saturated heterocycles. The number of hydrogen-bond acceptors (Lipinski definition) is 4. The summed E-state index contributed by atoms with van der Waals surface area (Å²) in [6.45, 7) is 1.78. The number of rotatable bonds is 2. The summed E-state index contributed by atoms with van der Waals surface area (Å²) in [6.07, 6.45) is 5.48. The monoisotopic (exact) mass is 188 g/mol. The van der Waals surface area contributed by atoms with E-state index in [9.17, 15) is 4.79 Å². The van der Waals surface area contributed by atoms with Crippen LogP contribution in [0.25, 0.3) is 5.82 Å². The minimum Gasteiger partial charge on any atom is -0.298 e. The van der Waals surface area contributed by atoms with Gasteiger partial charge in [0.25, 0.3) is 0 Å². The number of aldehydes is 1. The van der Waals surface area contributed by atoms with Crippen molar-refractivity contribution in [2.24, 2.45) is 0 Å². The lowest BCUT2D eigenvalue weighted by Gasteiger charge is -1.96. The van der Waals surface area contributed by atoms with Crippen molar-refractivity contribution in [3.05, 3.63) is 36.0 Å². The van der Waals surface area contributed by atoms with E-state index in [1.165, 1.54) is 6.33 Å². The highest BCUT2D eigenvalue weighted by atomic mass is 16.1. The van der Waals surface area contributed by atoms with Gasteiger partial charge < -0.3 is 0 Å². The van der Waals surface area contributed by atoms with Gasteiger partial charge in [-0.3, -0.25) is 4.79 Å². The standard InChI is InChI=1S/C9H8N4O/c1-7-8(5-14)4-13(12-7)9-2-3-10-6-11-9/h2-6H,1H3. The third-order valence-electron chi connectivity index (χ3n) is 1.86. The van der Waals surface area contributed by atoms with Crippen molar-refractivity contribution < 1.29 is 4.79 Å². The molecule has 0 N–H and O–H groups in total. The summed E-state index contributed by atoms with van der Waals surface area (Å²) in [4.78, 5) is 18.4. The average molecular weight is 188 g/mol. The van der Waals surface area contributed by atoms with E-state index >= 15 is 0 Å².